The molecule has 0 aromatic heterocycles. The van der Waals surface area contributed by atoms with E-state index >= 15 is 0 Å². The molecule has 1 nitrogen and oxygen atoms in total. The monoisotopic (exact) mass is 249 g/mol. The number of rotatable bonds is 3. The first-order valence-electron chi connectivity index (χ1n) is 6.99. The second-order valence-electron chi connectivity index (χ2n) is 5.96. The first-order chi connectivity index (χ1) is 8.47. The smallest absolute Gasteiger partial charge is 0.130 e. The van der Waals surface area contributed by atoms with Crippen LogP contribution in [0.5, 0.6) is 0 Å². The van der Waals surface area contributed by atoms with Gasteiger partial charge in [-0.1, -0.05) is 24.6 Å². The van der Waals surface area contributed by atoms with Crippen molar-refractivity contribution in [2.45, 2.75) is 58.2 Å². The van der Waals surface area contributed by atoms with Crippen LogP contribution in [0.3, 0.4) is 0 Å². The van der Waals surface area contributed by atoms with E-state index in [1.165, 1.54) is 30.4 Å². The lowest BCUT2D eigenvalue weighted by atomic mass is 9.91. The zero-order valence-electron chi connectivity index (χ0n) is 11.7. The summed E-state index contributed by atoms with van der Waals surface area (Å²) in [7, 11) is 0. The van der Waals surface area contributed by atoms with Crippen molar-refractivity contribution in [3.05, 3.63) is 34.9 Å². The molecule has 0 bridgehead atoms. The SMILES string of the molecule is Cc1ccc(C(C)(C)F)cc1CC1CCCCN1. The van der Waals surface area contributed by atoms with Crippen LogP contribution in [0.25, 0.3) is 0 Å². The topological polar surface area (TPSA) is 12.0 Å². The van der Waals surface area contributed by atoms with Gasteiger partial charge in [-0.25, -0.2) is 4.39 Å². The molecule has 0 radical (unpaired) electrons. The van der Waals surface area contributed by atoms with Crippen molar-refractivity contribution < 1.29 is 4.39 Å². The Hall–Kier alpha value is -0.890. The Kier molecular flexibility index (Phi) is 4.06. The Morgan fingerprint density at radius 1 is 1.33 bits per heavy atom. The highest BCUT2D eigenvalue weighted by Gasteiger charge is 2.20. The number of benzene rings is 1. The summed E-state index contributed by atoms with van der Waals surface area (Å²) in [6, 6.07) is 6.57. The molecule has 2 rings (SSSR count). The molecule has 1 heterocycles. The fraction of sp³-hybridized carbons (Fsp3) is 0.625. The normalized spacial score (nSPS) is 21.0. The molecule has 2 heteroatoms. The molecular formula is C16H24FN. The molecular weight excluding hydrogens is 225 g/mol. The molecule has 0 spiro atoms. The summed E-state index contributed by atoms with van der Waals surface area (Å²) in [6.45, 7) is 6.49. The third-order valence-corrected chi connectivity index (χ3v) is 3.91. The second kappa shape index (κ2) is 5.40. The Morgan fingerprint density at radius 2 is 2.11 bits per heavy atom. The van der Waals surface area contributed by atoms with E-state index in [0.717, 1.165) is 18.5 Å². The van der Waals surface area contributed by atoms with E-state index in [1.807, 2.05) is 12.1 Å². The minimum absolute atomic E-state index is 0.565. The fourth-order valence-corrected chi connectivity index (χ4v) is 2.62. The van der Waals surface area contributed by atoms with Gasteiger partial charge in [0.15, 0.2) is 0 Å². The third-order valence-electron chi connectivity index (χ3n) is 3.91. The van der Waals surface area contributed by atoms with Gasteiger partial charge in [0.1, 0.15) is 5.67 Å². The summed E-state index contributed by atoms with van der Waals surface area (Å²) < 4.78 is 14.0. The molecule has 1 aliphatic rings. The molecule has 1 aliphatic heterocycles. The number of halogens is 1. The lowest BCUT2D eigenvalue weighted by Gasteiger charge is -2.25. The van der Waals surface area contributed by atoms with Gasteiger partial charge in [0, 0.05) is 6.04 Å². The van der Waals surface area contributed by atoms with Gasteiger partial charge in [-0.05, 0) is 63.3 Å². The molecule has 1 atom stereocenters. The molecule has 1 saturated heterocycles. The van der Waals surface area contributed by atoms with Gasteiger partial charge in [-0.3, -0.25) is 0 Å². The molecule has 0 amide bonds. The van der Waals surface area contributed by atoms with Crippen LogP contribution in [-0.2, 0) is 12.1 Å². The van der Waals surface area contributed by atoms with Crippen molar-refractivity contribution in [2.75, 3.05) is 6.54 Å². The minimum Gasteiger partial charge on any atom is -0.314 e. The van der Waals surface area contributed by atoms with E-state index in [-0.39, 0.29) is 0 Å². The quantitative estimate of drug-likeness (QED) is 0.857. The molecule has 18 heavy (non-hydrogen) atoms. The zero-order chi connectivity index (χ0) is 13.2. The van der Waals surface area contributed by atoms with Gasteiger partial charge < -0.3 is 5.32 Å². The van der Waals surface area contributed by atoms with Crippen LogP contribution >= 0.6 is 0 Å². The Balaban J connectivity index is 2.15. The summed E-state index contributed by atoms with van der Waals surface area (Å²) in [5.74, 6) is 0. The van der Waals surface area contributed by atoms with Crippen molar-refractivity contribution in [2.24, 2.45) is 0 Å². The van der Waals surface area contributed by atoms with Crippen LogP contribution in [-0.4, -0.2) is 12.6 Å². The average molecular weight is 249 g/mol. The highest BCUT2D eigenvalue weighted by atomic mass is 19.1. The molecule has 1 unspecified atom stereocenters. The summed E-state index contributed by atoms with van der Waals surface area (Å²) in [4.78, 5) is 0. The van der Waals surface area contributed by atoms with Crippen molar-refractivity contribution in [1.82, 2.24) is 5.32 Å². The predicted octanol–water partition coefficient (Wildman–Crippen LogP) is 3.88. The van der Waals surface area contributed by atoms with Crippen LogP contribution in [0, 0.1) is 6.92 Å². The molecule has 1 aromatic rings. The van der Waals surface area contributed by atoms with E-state index in [2.05, 4.69) is 18.3 Å². The molecule has 1 N–H and O–H groups in total. The Morgan fingerprint density at radius 3 is 2.72 bits per heavy atom. The van der Waals surface area contributed by atoms with Crippen LogP contribution < -0.4 is 5.32 Å². The van der Waals surface area contributed by atoms with Gasteiger partial charge in [0.25, 0.3) is 0 Å². The zero-order valence-corrected chi connectivity index (χ0v) is 11.7. The number of hydrogen-bond donors (Lipinski definition) is 1. The molecule has 1 fully saturated rings. The van der Waals surface area contributed by atoms with Gasteiger partial charge in [0.05, 0.1) is 0 Å². The van der Waals surface area contributed by atoms with E-state index in [0.29, 0.717) is 6.04 Å². The number of aryl methyl sites for hydroxylation is 1. The van der Waals surface area contributed by atoms with E-state index < -0.39 is 5.67 Å². The van der Waals surface area contributed by atoms with Crippen LogP contribution in [0.15, 0.2) is 18.2 Å². The number of piperidine rings is 1. The number of nitrogens with one attached hydrogen (secondary N) is 1. The standard InChI is InChI=1S/C16H24FN/c1-12-7-8-14(16(2,3)17)10-13(12)11-15-6-4-5-9-18-15/h7-8,10,15,18H,4-6,9,11H2,1-3H3. The van der Waals surface area contributed by atoms with Crippen molar-refractivity contribution in [3.8, 4) is 0 Å². The lowest BCUT2D eigenvalue weighted by Crippen LogP contribution is -2.35. The molecule has 0 aliphatic carbocycles. The Bertz CT molecular complexity index is 400. The fourth-order valence-electron chi connectivity index (χ4n) is 2.62. The van der Waals surface area contributed by atoms with Gasteiger partial charge in [-0.15, -0.1) is 0 Å². The van der Waals surface area contributed by atoms with Gasteiger partial charge >= 0.3 is 0 Å². The minimum atomic E-state index is -1.25. The number of hydrogen-bond acceptors (Lipinski definition) is 1. The van der Waals surface area contributed by atoms with Crippen LogP contribution in [0.2, 0.25) is 0 Å². The van der Waals surface area contributed by atoms with Gasteiger partial charge in [-0.2, -0.15) is 0 Å². The second-order valence-corrected chi connectivity index (χ2v) is 5.96. The first-order valence-corrected chi connectivity index (χ1v) is 6.99. The van der Waals surface area contributed by atoms with Crippen molar-refractivity contribution in [1.29, 1.82) is 0 Å². The van der Waals surface area contributed by atoms with E-state index in [1.54, 1.807) is 13.8 Å². The maximum absolute atomic E-state index is 14.0. The summed E-state index contributed by atoms with van der Waals surface area (Å²) in [5.41, 5.74) is 2.11. The maximum Gasteiger partial charge on any atom is 0.130 e. The van der Waals surface area contributed by atoms with Crippen molar-refractivity contribution in [3.63, 3.8) is 0 Å². The largest absolute Gasteiger partial charge is 0.314 e. The predicted molar refractivity (Wildman–Crippen MR) is 74.7 cm³/mol. The third kappa shape index (κ3) is 3.32. The highest BCUT2D eigenvalue weighted by Crippen LogP contribution is 2.27. The molecule has 100 valence electrons. The summed E-state index contributed by atoms with van der Waals surface area (Å²) in [6.07, 6.45) is 4.86. The van der Waals surface area contributed by atoms with Crippen LogP contribution in [0.4, 0.5) is 4.39 Å². The first kappa shape index (κ1) is 13.5. The average Bonchev–Trinajstić information content (AvgIpc) is 2.32. The summed E-state index contributed by atoms with van der Waals surface area (Å²) in [5, 5.41) is 3.56. The number of alkyl halides is 1. The van der Waals surface area contributed by atoms with Crippen LogP contribution in [0.1, 0.15) is 49.8 Å². The highest BCUT2D eigenvalue weighted by molar-refractivity contribution is 5.34. The lowest BCUT2D eigenvalue weighted by molar-refractivity contribution is 0.221. The molecule has 0 saturated carbocycles. The Labute approximate surface area is 110 Å². The van der Waals surface area contributed by atoms with Crippen molar-refractivity contribution >= 4 is 0 Å². The molecule has 1 aromatic carbocycles. The van der Waals surface area contributed by atoms with E-state index in [9.17, 15) is 4.39 Å². The summed E-state index contributed by atoms with van der Waals surface area (Å²) >= 11 is 0. The van der Waals surface area contributed by atoms with Gasteiger partial charge in [0.2, 0.25) is 0 Å². The maximum atomic E-state index is 14.0. The van der Waals surface area contributed by atoms with E-state index in [4.69, 9.17) is 0 Å².